The highest BCUT2D eigenvalue weighted by Gasteiger charge is 2.23. The minimum absolute atomic E-state index is 0.172. The Hall–Kier alpha value is -1.64. The standard InChI is InChI=1S/C13H20N4O3S/c1-2-15-13(18)11-3-5-12(6-4-11)16-21(19,20)17-9-7-14-8-10-17/h3-6,14,16H,2,7-10H2,1H3,(H,15,18). The maximum Gasteiger partial charge on any atom is 0.301 e. The second kappa shape index (κ2) is 6.88. The van der Waals surface area contributed by atoms with Crippen LogP contribution in [0, 0.1) is 0 Å². The highest BCUT2D eigenvalue weighted by atomic mass is 32.2. The van der Waals surface area contributed by atoms with Crippen molar-refractivity contribution in [1.82, 2.24) is 14.9 Å². The van der Waals surface area contributed by atoms with Crippen molar-refractivity contribution in [3.8, 4) is 0 Å². The van der Waals surface area contributed by atoms with Gasteiger partial charge in [0.2, 0.25) is 0 Å². The molecule has 1 saturated heterocycles. The Labute approximate surface area is 124 Å². The summed E-state index contributed by atoms with van der Waals surface area (Å²) in [6.07, 6.45) is 0. The first-order valence-electron chi connectivity index (χ1n) is 6.90. The maximum absolute atomic E-state index is 12.2. The molecule has 116 valence electrons. The summed E-state index contributed by atoms with van der Waals surface area (Å²) in [5.74, 6) is -0.172. The van der Waals surface area contributed by atoms with Crippen molar-refractivity contribution < 1.29 is 13.2 Å². The number of piperazine rings is 1. The number of carbonyl (C=O) groups excluding carboxylic acids is 1. The van der Waals surface area contributed by atoms with Crippen LogP contribution in [-0.4, -0.2) is 51.4 Å². The summed E-state index contributed by atoms with van der Waals surface area (Å²) in [6.45, 7) is 4.59. The Morgan fingerprint density at radius 3 is 2.43 bits per heavy atom. The molecule has 0 radical (unpaired) electrons. The van der Waals surface area contributed by atoms with E-state index in [-0.39, 0.29) is 5.91 Å². The number of hydrogen-bond donors (Lipinski definition) is 3. The summed E-state index contributed by atoms with van der Waals surface area (Å²) in [5.41, 5.74) is 0.948. The lowest BCUT2D eigenvalue weighted by Gasteiger charge is -2.26. The predicted octanol–water partition coefficient (Wildman–Crippen LogP) is -0.00180. The Balaban J connectivity index is 2.04. The summed E-state index contributed by atoms with van der Waals surface area (Å²) >= 11 is 0. The minimum atomic E-state index is -3.54. The zero-order valence-electron chi connectivity index (χ0n) is 11.9. The van der Waals surface area contributed by atoms with E-state index in [0.29, 0.717) is 44.0 Å². The number of rotatable bonds is 5. The smallest absolute Gasteiger partial charge is 0.301 e. The van der Waals surface area contributed by atoms with Crippen molar-refractivity contribution in [3.05, 3.63) is 29.8 Å². The van der Waals surface area contributed by atoms with Crippen LogP contribution in [0.15, 0.2) is 24.3 Å². The van der Waals surface area contributed by atoms with E-state index in [4.69, 9.17) is 0 Å². The van der Waals surface area contributed by atoms with Gasteiger partial charge in [-0.05, 0) is 31.2 Å². The summed E-state index contributed by atoms with van der Waals surface area (Å²) in [5, 5.41) is 5.79. The zero-order chi connectivity index (χ0) is 15.3. The molecule has 2 rings (SSSR count). The van der Waals surface area contributed by atoms with Crippen molar-refractivity contribution in [3.63, 3.8) is 0 Å². The van der Waals surface area contributed by atoms with Gasteiger partial charge in [0.05, 0.1) is 0 Å². The van der Waals surface area contributed by atoms with Crippen LogP contribution in [-0.2, 0) is 10.2 Å². The molecular weight excluding hydrogens is 292 g/mol. The largest absolute Gasteiger partial charge is 0.352 e. The van der Waals surface area contributed by atoms with Gasteiger partial charge in [0.25, 0.3) is 5.91 Å². The fraction of sp³-hybridized carbons (Fsp3) is 0.462. The summed E-state index contributed by atoms with van der Waals surface area (Å²) in [4.78, 5) is 11.6. The molecule has 7 nitrogen and oxygen atoms in total. The van der Waals surface area contributed by atoms with Gasteiger partial charge < -0.3 is 10.6 Å². The molecule has 0 aliphatic carbocycles. The molecule has 8 heteroatoms. The van der Waals surface area contributed by atoms with Gasteiger partial charge in [-0.3, -0.25) is 9.52 Å². The molecule has 1 heterocycles. The molecule has 0 unspecified atom stereocenters. The summed E-state index contributed by atoms with van der Waals surface area (Å²) in [6, 6.07) is 6.37. The third kappa shape index (κ3) is 4.16. The molecule has 0 saturated carbocycles. The number of nitrogens with zero attached hydrogens (tertiary/aromatic N) is 1. The molecule has 21 heavy (non-hydrogen) atoms. The highest BCUT2D eigenvalue weighted by molar-refractivity contribution is 7.90. The van der Waals surface area contributed by atoms with Crippen LogP contribution in [0.5, 0.6) is 0 Å². The molecule has 3 N–H and O–H groups in total. The first kappa shape index (κ1) is 15.7. The van der Waals surface area contributed by atoms with Crippen LogP contribution in [0.2, 0.25) is 0 Å². The third-order valence-electron chi connectivity index (χ3n) is 3.15. The van der Waals surface area contributed by atoms with E-state index in [1.54, 1.807) is 24.3 Å². The lowest BCUT2D eigenvalue weighted by Crippen LogP contribution is -2.48. The van der Waals surface area contributed by atoms with Gasteiger partial charge >= 0.3 is 10.2 Å². The average molecular weight is 312 g/mol. The molecule has 0 atom stereocenters. The van der Waals surface area contributed by atoms with E-state index in [1.807, 2.05) is 6.92 Å². The normalized spacial score (nSPS) is 16.4. The van der Waals surface area contributed by atoms with Gasteiger partial charge in [0.1, 0.15) is 0 Å². The van der Waals surface area contributed by atoms with Gasteiger partial charge in [0, 0.05) is 44.0 Å². The van der Waals surface area contributed by atoms with Gasteiger partial charge in [-0.1, -0.05) is 0 Å². The van der Waals surface area contributed by atoms with Crippen molar-refractivity contribution >= 4 is 21.8 Å². The molecule has 1 fully saturated rings. The number of anilines is 1. The molecule has 1 aromatic carbocycles. The van der Waals surface area contributed by atoms with Gasteiger partial charge in [0.15, 0.2) is 0 Å². The minimum Gasteiger partial charge on any atom is -0.352 e. The van der Waals surface area contributed by atoms with E-state index in [2.05, 4.69) is 15.4 Å². The van der Waals surface area contributed by atoms with Crippen molar-refractivity contribution in [2.45, 2.75) is 6.92 Å². The lowest BCUT2D eigenvalue weighted by atomic mass is 10.2. The Kier molecular flexibility index (Phi) is 5.16. The number of amides is 1. The van der Waals surface area contributed by atoms with Crippen molar-refractivity contribution in [2.75, 3.05) is 37.4 Å². The zero-order valence-corrected chi connectivity index (χ0v) is 12.7. The van der Waals surface area contributed by atoms with Crippen LogP contribution < -0.4 is 15.4 Å². The van der Waals surface area contributed by atoms with E-state index in [0.717, 1.165) is 0 Å². The van der Waals surface area contributed by atoms with Crippen LogP contribution >= 0.6 is 0 Å². The molecule has 1 aliphatic rings. The van der Waals surface area contributed by atoms with E-state index < -0.39 is 10.2 Å². The Morgan fingerprint density at radius 2 is 1.86 bits per heavy atom. The molecule has 0 aromatic heterocycles. The fourth-order valence-electron chi connectivity index (χ4n) is 2.05. The maximum atomic E-state index is 12.2. The number of carbonyl (C=O) groups is 1. The first-order chi connectivity index (χ1) is 10.0. The molecular formula is C13H20N4O3S. The Bertz CT molecular complexity index is 580. The predicted molar refractivity (Wildman–Crippen MR) is 81.4 cm³/mol. The van der Waals surface area contributed by atoms with Crippen LogP contribution in [0.4, 0.5) is 5.69 Å². The third-order valence-corrected chi connectivity index (χ3v) is 4.69. The quantitative estimate of drug-likeness (QED) is 0.714. The molecule has 1 aliphatic heterocycles. The Morgan fingerprint density at radius 1 is 1.24 bits per heavy atom. The monoisotopic (exact) mass is 312 g/mol. The van der Waals surface area contributed by atoms with Gasteiger partial charge in [-0.2, -0.15) is 12.7 Å². The average Bonchev–Trinajstić information content (AvgIpc) is 2.49. The first-order valence-corrected chi connectivity index (χ1v) is 8.34. The fourth-order valence-corrected chi connectivity index (χ4v) is 3.28. The van der Waals surface area contributed by atoms with Gasteiger partial charge in [-0.15, -0.1) is 0 Å². The van der Waals surface area contributed by atoms with Crippen LogP contribution in [0.1, 0.15) is 17.3 Å². The summed E-state index contributed by atoms with van der Waals surface area (Å²) < 4.78 is 28.3. The van der Waals surface area contributed by atoms with Crippen LogP contribution in [0.3, 0.4) is 0 Å². The number of hydrogen-bond acceptors (Lipinski definition) is 4. The summed E-state index contributed by atoms with van der Waals surface area (Å²) in [7, 11) is -3.54. The molecule has 1 amide bonds. The second-order valence-corrected chi connectivity index (χ2v) is 6.36. The molecule has 0 bridgehead atoms. The van der Waals surface area contributed by atoms with Crippen LogP contribution in [0.25, 0.3) is 0 Å². The highest BCUT2D eigenvalue weighted by Crippen LogP contribution is 2.13. The topological polar surface area (TPSA) is 90.5 Å². The van der Waals surface area contributed by atoms with E-state index in [1.165, 1.54) is 4.31 Å². The lowest BCUT2D eigenvalue weighted by molar-refractivity contribution is 0.0956. The van der Waals surface area contributed by atoms with Crippen molar-refractivity contribution in [1.29, 1.82) is 0 Å². The molecule has 0 spiro atoms. The van der Waals surface area contributed by atoms with E-state index >= 15 is 0 Å². The van der Waals surface area contributed by atoms with Crippen molar-refractivity contribution in [2.24, 2.45) is 0 Å². The van der Waals surface area contributed by atoms with Gasteiger partial charge in [-0.25, -0.2) is 0 Å². The number of benzene rings is 1. The number of nitrogens with one attached hydrogen (secondary N) is 3. The molecule has 1 aromatic rings. The van der Waals surface area contributed by atoms with E-state index in [9.17, 15) is 13.2 Å². The SMILES string of the molecule is CCNC(=O)c1ccc(NS(=O)(=O)N2CCNCC2)cc1. The second-order valence-electron chi connectivity index (χ2n) is 4.69.